The van der Waals surface area contributed by atoms with Crippen LogP contribution in [0.3, 0.4) is 0 Å². The summed E-state index contributed by atoms with van der Waals surface area (Å²) >= 11 is 1.21. The molecule has 0 aliphatic heterocycles. The molecule has 2 rings (SSSR count). The first-order chi connectivity index (χ1) is 13.4. The molecule has 0 fully saturated rings. The Morgan fingerprint density at radius 1 is 1.32 bits per heavy atom. The molecule has 146 valence electrons. The summed E-state index contributed by atoms with van der Waals surface area (Å²) in [5.41, 5.74) is 2.03. The van der Waals surface area contributed by atoms with E-state index in [1.54, 1.807) is 32.7 Å². The number of carbonyl (C=O) groups excluding carboxylic acids is 2. The summed E-state index contributed by atoms with van der Waals surface area (Å²) in [7, 11) is 1.75. The summed E-state index contributed by atoms with van der Waals surface area (Å²) in [5, 5.41) is 9.45. The highest BCUT2D eigenvalue weighted by Gasteiger charge is 2.23. The Morgan fingerprint density at radius 3 is 2.61 bits per heavy atom. The van der Waals surface area contributed by atoms with Gasteiger partial charge in [-0.1, -0.05) is 42.1 Å². The summed E-state index contributed by atoms with van der Waals surface area (Å²) in [4.78, 5) is 30.7. The summed E-state index contributed by atoms with van der Waals surface area (Å²) in [6.07, 6.45) is 0. The molecule has 0 aliphatic carbocycles. The van der Waals surface area contributed by atoms with Crippen molar-refractivity contribution in [3.05, 3.63) is 58.8 Å². The number of amides is 1. The van der Waals surface area contributed by atoms with Crippen molar-refractivity contribution in [2.24, 2.45) is 0 Å². The van der Waals surface area contributed by atoms with E-state index in [9.17, 15) is 14.9 Å². The van der Waals surface area contributed by atoms with Gasteiger partial charge in [-0.05, 0) is 32.4 Å². The predicted octanol–water partition coefficient (Wildman–Crippen LogP) is 3.58. The molecule has 7 heteroatoms. The van der Waals surface area contributed by atoms with E-state index in [0.717, 1.165) is 5.56 Å². The molecular weight excluding hydrogens is 374 g/mol. The monoisotopic (exact) mass is 397 g/mol. The standard InChI is InChI=1S/C21H23N3O3S/c1-5-27-21(26)18-11-17(12-22)19(23-14(18)2)28-15(3)20(25)24(4)13-16-9-7-6-8-10-16/h6-11,15H,5,13H2,1-4H3/t15-/m0/s1. The van der Waals surface area contributed by atoms with Gasteiger partial charge >= 0.3 is 5.97 Å². The van der Waals surface area contributed by atoms with Crippen LogP contribution in [0.4, 0.5) is 0 Å². The van der Waals surface area contributed by atoms with Crippen molar-refractivity contribution in [3.63, 3.8) is 0 Å². The van der Waals surface area contributed by atoms with Gasteiger partial charge in [-0.15, -0.1) is 0 Å². The lowest BCUT2D eigenvalue weighted by molar-refractivity contribution is -0.129. The first-order valence-electron chi connectivity index (χ1n) is 8.91. The molecule has 6 nitrogen and oxygen atoms in total. The number of hydrogen-bond acceptors (Lipinski definition) is 6. The van der Waals surface area contributed by atoms with E-state index in [-0.39, 0.29) is 23.6 Å². The molecule has 1 aromatic carbocycles. The number of aromatic nitrogens is 1. The van der Waals surface area contributed by atoms with Gasteiger partial charge in [0.1, 0.15) is 11.1 Å². The maximum Gasteiger partial charge on any atom is 0.340 e. The normalized spacial score (nSPS) is 11.4. The molecule has 0 bridgehead atoms. The van der Waals surface area contributed by atoms with Crippen LogP contribution in [0.5, 0.6) is 0 Å². The van der Waals surface area contributed by atoms with Gasteiger partial charge in [0.2, 0.25) is 5.91 Å². The average molecular weight is 398 g/mol. The second kappa shape index (κ2) is 9.90. The number of esters is 1. The molecule has 1 aromatic heterocycles. The number of aryl methyl sites for hydroxylation is 1. The van der Waals surface area contributed by atoms with E-state index in [4.69, 9.17) is 4.74 Å². The van der Waals surface area contributed by atoms with Crippen molar-refractivity contribution in [1.82, 2.24) is 9.88 Å². The fourth-order valence-corrected chi connectivity index (χ4v) is 3.67. The lowest BCUT2D eigenvalue weighted by Crippen LogP contribution is -2.32. The van der Waals surface area contributed by atoms with E-state index < -0.39 is 11.2 Å². The Morgan fingerprint density at radius 2 is 2.00 bits per heavy atom. The van der Waals surface area contributed by atoms with E-state index in [1.165, 1.54) is 17.8 Å². The van der Waals surface area contributed by atoms with Crippen molar-refractivity contribution in [1.29, 1.82) is 5.26 Å². The minimum Gasteiger partial charge on any atom is -0.462 e. The van der Waals surface area contributed by atoms with E-state index in [2.05, 4.69) is 11.1 Å². The van der Waals surface area contributed by atoms with Crippen molar-refractivity contribution in [2.75, 3.05) is 13.7 Å². The fourth-order valence-electron chi connectivity index (χ4n) is 2.63. The fraction of sp³-hybridized carbons (Fsp3) is 0.333. The van der Waals surface area contributed by atoms with Crippen LogP contribution in [-0.2, 0) is 16.1 Å². The Kier molecular flexibility index (Phi) is 7.59. The first-order valence-corrected chi connectivity index (χ1v) is 9.79. The third-order valence-electron chi connectivity index (χ3n) is 4.07. The maximum atomic E-state index is 12.7. The average Bonchev–Trinajstić information content (AvgIpc) is 2.68. The van der Waals surface area contributed by atoms with E-state index in [1.807, 2.05) is 30.3 Å². The molecular formula is C21H23N3O3S. The summed E-state index contributed by atoms with van der Waals surface area (Å²) in [5.74, 6) is -0.570. The summed E-state index contributed by atoms with van der Waals surface area (Å²) in [6.45, 7) is 5.94. The lowest BCUT2D eigenvalue weighted by Gasteiger charge is -2.21. The van der Waals surface area contributed by atoms with Crippen LogP contribution in [0.15, 0.2) is 41.4 Å². The molecule has 0 spiro atoms. The number of nitriles is 1. The van der Waals surface area contributed by atoms with Crippen molar-refractivity contribution >= 4 is 23.6 Å². The van der Waals surface area contributed by atoms with Crippen LogP contribution in [0.2, 0.25) is 0 Å². The maximum absolute atomic E-state index is 12.7. The van der Waals surface area contributed by atoms with Crippen LogP contribution in [0, 0.1) is 18.3 Å². The Hall–Kier alpha value is -2.85. The van der Waals surface area contributed by atoms with Gasteiger partial charge in [0.05, 0.1) is 28.7 Å². The van der Waals surface area contributed by atoms with Crippen LogP contribution in [0.1, 0.15) is 41.0 Å². The van der Waals surface area contributed by atoms with E-state index in [0.29, 0.717) is 17.3 Å². The first kappa shape index (κ1) is 21.5. The predicted molar refractivity (Wildman–Crippen MR) is 108 cm³/mol. The Labute approximate surface area is 169 Å². The zero-order valence-electron chi connectivity index (χ0n) is 16.4. The highest BCUT2D eigenvalue weighted by atomic mass is 32.2. The second-order valence-corrected chi connectivity index (χ2v) is 7.58. The number of ether oxygens (including phenoxy) is 1. The molecule has 0 aliphatic rings. The number of nitrogens with zero attached hydrogens (tertiary/aromatic N) is 3. The molecule has 0 saturated heterocycles. The number of hydrogen-bond donors (Lipinski definition) is 0. The van der Waals surface area contributed by atoms with Crippen molar-refractivity contribution < 1.29 is 14.3 Å². The van der Waals surface area contributed by atoms with Gasteiger partial charge in [0, 0.05) is 13.6 Å². The molecule has 0 N–H and O–H groups in total. The molecule has 1 atom stereocenters. The quantitative estimate of drug-likeness (QED) is 0.525. The zero-order valence-corrected chi connectivity index (χ0v) is 17.2. The molecule has 1 amide bonds. The number of carbonyl (C=O) groups is 2. The topological polar surface area (TPSA) is 83.3 Å². The Bertz CT molecular complexity index is 894. The van der Waals surface area contributed by atoms with E-state index >= 15 is 0 Å². The second-order valence-electron chi connectivity index (χ2n) is 6.25. The van der Waals surface area contributed by atoms with Gasteiger partial charge < -0.3 is 9.64 Å². The number of benzene rings is 1. The van der Waals surface area contributed by atoms with Crippen molar-refractivity contribution in [3.8, 4) is 6.07 Å². The highest BCUT2D eigenvalue weighted by molar-refractivity contribution is 8.00. The van der Waals surface area contributed by atoms with Crippen LogP contribution < -0.4 is 0 Å². The number of rotatable bonds is 7. The number of pyridine rings is 1. The molecule has 0 saturated carbocycles. The molecule has 2 aromatic rings. The Balaban J connectivity index is 2.15. The smallest absolute Gasteiger partial charge is 0.340 e. The van der Waals surface area contributed by atoms with Crippen LogP contribution in [0.25, 0.3) is 0 Å². The van der Waals surface area contributed by atoms with Gasteiger partial charge in [-0.2, -0.15) is 5.26 Å². The zero-order chi connectivity index (χ0) is 20.7. The van der Waals surface area contributed by atoms with Gasteiger partial charge in [0.25, 0.3) is 0 Å². The third kappa shape index (κ3) is 5.33. The molecule has 0 radical (unpaired) electrons. The lowest BCUT2D eigenvalue weighted by atomic mass is 10.1. The SMILES string of the molecule is CCOC(=O)c1cc(C#N)c(S[C@@H](C)C(=O)N(C)Cc2ccccc2)nc1C. The molecule has 0 unspecified atom stereocenters. The highest BCUT2D eigenvalue weighted by Crippen LogP contribution is 2.28. The largest absolute Gasteiger partial charge is 0.462 e. The minimum absolute atomic E-state index is 0.0633. The van der Waals surface area contributed by atoms with Crippen molar-refractivity contribution in [2.45, 2.75) is 37.6 Å². The van der Waals surface area contributed by atoms with Gasteiger partial charge in [-0.25, -0.2) is 9.78 Å². The molecule has 1 heterocycles. The number of thioether (sulfide) groups is 1. The van der Waals surface area contributed by atoms with Crippen LogP contribution in [-0.4, -0.2) is 40.7 Å². The summed E-state index contributed by atoms with van der Waals surface area (Å²) in [6, 6.07) is 13.3. The summed E-state index contributed by atoms with van der Waals surface area (Å²) < 4.78 is 5.00. The van der Waals surface area contributed by atoms with Crippen LogP contribution >= 0.6 is 11.8 Å². The third-order valence-corrected chi connectivity index (χ3v) is 5.16. The molecule has 28 heavy (non-hydrogen) atoms. The minimum atomic E-state index is -0.507. The van der Waals surface area contributed by atoms with Gasteiger partial charge in [0.15, 0.2) is 0 Å². The van der Waals surface area contributed by atoms with Gasteiger partial charge in [-0.3, -0.25) is 4.79 Å².